The molecule has 0 bridgehead atoms. The van der Waals surface area contributed by atoms with Gasteiger partial charge in [0.2, 0.25) is 0 Å². The van der Waals surface area contributed by atoms with Crippen LogP contribution in [0.2, 0.25) is 0 Å². The van der Waals surface area contributed by atoms with Crippen LogP contribution in [0.4, 0.5) is 0 Å². The molecular weight excluding hydrogens is 220 g/mol. The molecule has 1 aromatic rings. The first-order valence-corrected chi connectivity index (χ1v) is 7.07. The Labute approximate surface area is 111 Å². The number of hydrogen-bond donors (Lipinski definition) is 1. The highest BCUT2D eigenvalue weighted by molar-refractivity contribution is 5.31. The number of hydrogen-bond acceptors (Lipinski definition) is 1. The number of rotatable bonds is 4. The third-order valence-electron chi connectivity index (χ3n) is 3.84. The maximum Gasteiger partial charge on any atom is 0.0617 e. The molecule has 0 saturated heterocycles. The van der Waals surface area contributed by atoms with Crippen LogP contribution in [0.25, 0.3) is 0 Å². The van der Waals surface area contributed by atoms with Gasteiger partial charge < -0.3 is 5.11 Å². The van der Waals surface area contributed by atoms with Crippen LogP contribution in [0.1, 0.15) is 48.8 Å². The maximum absolute atomic E-state index is 10.2. The Morgan fingerprint density at radius 2 is 2.00 bits per heavy atom. The predicted octanol–water partition coefficient (Wildman–Crippen LogP) is 4.10. The van der Waals surface area contributed by atoms with Crippen molar-refractivity contribution in [1.29, 1.82) is 0 Å². The number of aryl methyl sites for hydroxylation is 2. The van der Waals surface area contributed by atoms with Gasteiger partial charge in [0.1, 0.15) is 0 Å². The topological polar surface area (TPSA) is 20.2 Å². The van der Waals surface area contributed by atoms with E-state index in [9.17, 15) is 5.11 Å². The third-order valence-corrected chi connectivity index (χ3v) is 3.84. The quantitative estimate of drug-likeness (QED) is 0.791. The molecule has 1 nitrogen and oxygen atoms in total. The van der Waals surface area contributed by atoms with Crippen molar-refractivity contribution in [2.75, 3.05) is 0 Å². The molecule has 0 aromatic heterocycles. The van der Waals surface area contributed by atoms with E-state index in [2.05, 4.69) is 38.1 Å². The number of benzene rings is 1. The summed E-state index contributed by atoms with van der Waals surface area (Å²) in [6.45, 7) is 4.24. The molecule has 0 aliphatic heterocycles. The Hall–Kier alpha value is -1.08. The standard InChI is InChI=1S/C17H24O/c1-13-8-9-14(2)16(10-13)12-17(18)11-15-6-4-3-5-7-15/h6,8-10,17-18H,3-5,7,11-12H2,1-2H3. The fourth-order valence-electron chi connectivity index (χ4n) is 2.74. The van der Waals surface area contributed by atoms with Gasteiger partial charge in [-0.15, -0.1) is 0 Å². The second kappa shape index (κ2) is 6.19. The summed E-state index contributed by atoms with van der Waals surface area (Å²) in [5, 5.41) is 10.2. The molecule has 1 aliphatic rings. The zero-order valence-corrected chi connectivity index (χ0v) is 11.6. The van der Waals surface area contributed by atoms with Gasteiger partial charge in [0.15, 0.2) is 0 Å². The second-order valence-corrected chi connectivity index (χ2v) is 5.60. The molecule has 1 N–H and O–H groups in total. The molecule has 18 heavy (non-hydrogen) atoms. The number of aliphatic hydroxyl groups is 1. The molecule has 1 aliphatic carbocycles. The van der Waals surface area contributed by atoms with Crippen molar-refractivity contribution >= 4 is 0 Å². The predicted molar refractivity (Wildman–Crippen MR) is 76.8 cm³/mol. The van der Waals surface area contributed by atoms with Crippen LogP contribution in [0.5, 0.6) is 0 Å². The van der Waals surface area contributed by atoms with Crippen molar-refractivity contribution in [3.05, 3.63) is 46.5 Å². The lowest BCUT2D eigenvalue weighted by atomic mass is 9.92. The summed E-state index contributed by atoms with van der Waals surface area (Å²) < 4.78 is 0. The summed E-state index contributed by atoms with van der Waals surface area (Å²) in [7, 11) is 0. The lowest BCUT2D eigenvalue weighted by Gasteiger charge is -2.17. The molecule has 0 saturated carbocycles. The lowest BCUT2D eigenvalue weighted by Crippen LogP contribution is -2.13. The molecular formula is C17H24O. The van der Waals surface area contributed by atoms with Gasteiger partial charge in [0, 0.05) is 0 Å². The van der Waals surface area contributed by atoms with E-state index >= 15 is 0 Å². The van der Waals surface area contributed by atoms with Gasteiger partial charge in [0.05, 0.1) is 6.10 Å². The Morgan fingerprint density at radius 3 is 2.72 bits per heavy atom. The zero-order chi connectivity index (χ0) is 13.0. The van der Waals surface area contributed by atoms with E-state index in [1.165, 1.54) is 47.9 Å². The van der Waals surface area contributed by atoms with E-state index < -0.39 is 0 Å². The van der Waals surface area contributed by atoms with Crippen LogP contribution in [0.3, 0.4) is 0 Å². The first-order valence-electron chi connectivity index (χ1n) is 7.07. The van der Waals surface area contributed by atoms with Gasteiger partial charge in [-0.3, -0.25) is 0 Å². The van der Waals surface area contributed by atoms with Crippen molar-refractivity contribution in [1.82, 2.24) is 0 Å². The second-order valence-electron chi connectivity index (χ2n) is 5.60. The largest absolute Gasteiger partial charge is 0.392 e. The van der Waals surface area contributed by atoms with Crippen LogP contribution in [-0.2, 0) is 6.42 Å². The van der Waals surface area contributed by atoms with Crippen LogP contribution < -0.4 is 0 Å². The molecule has 0 fully saturated rings. The normalized spacial score (nSPS) is 17.4. The van der Waals surface area contributed by atoms with Crippen molar-refractivity contribution in [3.63, 3.8) is 0 Å². The van der Waals surface area contributed by atoms with E-state index in [0.717, 1.165) is 12.8 Å². The Bertz CT molecular complexity index is 431. The SMILES string of the molecule is Cc1ccc(C)c(CC(O)CC2=CCCCC2)c1. The summed E-state index contributed by atoms with van der Waals surface area (Å²) in [5.41, 5.74) is 5.31. The average molecular weight is 244 g/mol. The minimum atomic E-state index is -0.227. The molecule has 1 unspecified atom stereocenters. The van der Waals surface area contributed by atoms with Crippen molar-refractivity contribution in [3.8, 4) is 0 Å². The van der Waals surface area contributed by atoms with Gasteiger partial charge in [0.25, 0.3) is 0 Å². The van der Waals surface area contributed by atoms with E-state index in [0.29, 0.717) is 0 Å². The number of aliphatic hydroxyl groups excluding tert-OH is 1. The van der Waals surface area contributed by atoms with E-state index in [4.69, 9.17) is 0 Å². The molecule has 98 valence electrons. The van der Waals surface area contributed by atoms with E-state index in [-0.39, 0.29) is 6.10 Å². The van der Waals surface area contributed by atoms with Crippen LogP contribution >= 0.6 is 0 Å². The Morgan fingerprint density at radius 1 is 1.17 bits per heavy atom. The molecule has 1 aromatic carbocycles. The van der Waals surface area contributed by atoms with Gasteiger partial charge >= 0.3 is 0 Å². The number of allylic oxidation sites excluding steroid dienone is 1. The van der Waals surface area contributed by atoms with Crippen molar-refractivity contribution < 1.29 is 5.11 Å². The maximum atomic E-state index is 10.2. The van der Waals surface area contributed by atoms with Crippen molar-refractivity contribution in [2.45, 2.75) is 58.5 Å². The van der Waals surface area contributed by atoms with Crippen LogP contribution in [0, 0.1) is 13.8 Å². The summed E-state index contributed by atoms with van der Waals surface area (Å²) in [6, 6.07) is 6.49. The first kappa shape index (κ1) is 13.4. The highest BCUT2D eigenvalue weighted by Gasteiger charge is 2.12. The third kappa shape index (κ3) is 3.71. The van der Waals surface area contributed by atoms with Gasteiger partial charge in [-0.1, -0.05) is 35.4 Å². The van der Waals surface area contributed by atoms with Gasteiger partial charge in [-0.25, -0.2) is 0 Å². The molecule has 1 atom stereocenters. The van der Waals surface area contributed by atoms with Crippen LogP contribution in [-0.4, -0.2) is 11.2 Å². The zero-order valence-electron chi connectivity index (χ0n) is 11.6. The van der Waals surface area contributed by atoms with E-state index in [1.807, 2.05) is 0 Å². The molecule has 0 radical (unpaired) electrons. The molecule has 0 heterocycles. The summed E-state index contributed by atoms with van der Waals surface area (Å²) >= 11 is 0. The lowest BCUT2D eigenvalue weighted by molar-refractivity contribution is 0.173. The van der Waals surface area contributed by atoms with E-state index in [1.54, 1.807) is 0 Å². The van der Waals surface area contributed by atoms with Crippen LogP contribution in [0.15, 0.2) is 29.8 Å². The summed E-state index contributed by atoms with van der Waals surface area (Å²) in [6.07, 6.45) is 8.73. The van der Waals surface area contributed by atoms with Gasteiger partial charge in [-0.2, -0.15) is 0 Å². The minimum Gasteiger partial charge on any atom is -0.392 e. The minimum absolute atomic E-state index is 0.227. The van der Waals surface area contributed by atoms with Gasteiger partial charge in [-0.05, 0) is 63.5 Å². The fraction of sp³-hybridized carbons (Fsp3) is 0.529. The molecule has 0 amide bonds. The summed E-state index contributed by atoms with van der Waals surface area (Å²) in [5.74, 6) is 0. The summed E-state index contributed by atoms with van der Waals surface area (Å²) in [4.78, 5) is 0. The molecule has 0 spiro atoms. The smallest absolute Gasteiger partial charge is 0.0617 e. The monoisotopic (exact) mass is 244 g/mol. The molecule has 1 heteroatoms. The fourth-order valence-corrected chi connectivity index (χ4v) is 2.74. The Balaban J connectivity index is 1.96. The molecule has 2 rings (SSSR count). The average Bonchev–Trinajstić information content (AvgIpc) is 2.35. The highest BCUT2D eigenvalue weighted by Crippen LogP contribution is 2.23. The van der Waals surface area contributed by atoms with Crippen molar-refractivity contribution in [2.24, 2.45) is 0 Å². The highest BCUT2D eigenvalue weighted by atomic mass is 16.3. The first-order chi connectivity index (χ1) is 8.65. The Kier molecular flexibility index (Phi) is 4.60.